The number of rotatable bonds is 5. The summed E-state index contributed by atoms with van der Waals surface area (Å²) in [6.45, 7) is 1.02. The standard InChI is InChI=1S/C12H14N2O3S2/c1-12(17,7-15)6-13-10(16)8-5-19-11(14-8)9-3-2-4-18-9/h2-5,15,17H,6-7H2,1H3,(H,13,16). The Bertz CT molecular complexity index is 549. The number of hydrogen-bond donors (Lipinski definition) is 3. The van der Waals surface area contributed by atoms with Crippen molar-refractivity contribution in [2.75, 3.05) is 13.2 Å². The summed E-state index contributed by atoms with van der Waals surface area (Å²) >= 11 is 2.97. The number of aromatic nitrogens is 1. The lowest BCUT2D eigenvalue weighted by atomic mass is 10.1. The number of thiazole rings is 1. The second-order valence-electron chi connectivity index (χ2n) is 4.35. The van der Waals surface area contributed by atoms with Crippen LogP contribution in [-0.4, -0.2) is 39.9 Å². The number of nitrogens with zero attached hydrogens (tertiary/aromatic N) is 1. The van der Waals surface area contributed by atoms with Gasteiger partial charge in [-0.2, -0.15) is 0 Å². The third kappa shape index (κ3) is 3.60. The monoisotopic (exact) mass is 298 g/mol. The van der Waals surface area contributed by atoms with E-state index in [0.29, 0.717) is 5.69 Å². The predicted octanol–water partition coefficient (Wildman–Crippen LogP) is 1.34. The molecule has 0 saturated carbocycles. The maximum Gasteiger partial charge on any atom is 0.270 e. The Morgan fingerprint density at radius 1 is 1.53 bits per heavy atom. The Balaban J connectivity index is 2.01. The van der Waals surface area contributed by atoms with Crippen LogP contribution in [0.15, 0.2) is 22.9 Å². The number of nitrogens with one attached hydrogen (secondary N) is 1. The van der Waals surface area contributed by atoms with E-state index in [1.807, 2.05) is 17.5 Å². The SMILES string of the molecule is CC(O)(CO)CNC(=O)c1csc(-c2cccs2)n1. The van der Waals surface area contributed by atoms with Crippen LogP contribution in [0.25, 0.3) is 9.88 Å². The first-order chi connectivity index (χ1) is 9.02. The number of amides is 1. The van der Waals surface area contributed by atoms with Crippen LogP contribution in [0.4, 0.5) is 0 Å². The van der Waals surface area contributed by atoms with Crippen molar-refractivity contribution >= 4 is 28.6 Å². The van der Waals surface area contributed by atoms with E-state index in [4.69, 9.17) is 5.11 Å². The minimum atomic E-state index is -1.32. The van der Waals surface area contributed by atoms with Gasteiger partial charge < -0.3 is 15.5 Å². The zero-order chi connectivity index (χ0) is 13.9. The molecule has 7 heteroatoms. The van der Waals surface area contributed by atoms with E-state index >= 15 is 0 Å². The van der Waals surface area contributed by atoms with Gasteiger partial charge in [-0.25, -0.2) is 4.98 Å². The third-order valence-corrected chi connectivity index (χ3v) is 4.32. The highest BCUT2D eigenvalue weighted by molar-refractivity contribution is 7.20. The van der Waals surface area contributed by atoms with Crippen LogP contribution in [0.3, 0.4) is 0 Å². The second-order valence-corrected chi connectivity index (χ2v) is 6.16. The first-order valence-corrected chi connectivity index (χ1v) is 7.38. The molecule has 102 valence electrons. The summed E-state index contributed by atoms with van der Waals surface area (Å²) in [5, 5.41) is 25.5. The molecule has 1 atom stereocenters. The molecule has 2 aromatic heterocycles. The molecule has 19 heavy (non-hydrogen) atoms. The lowest BCUT2D eigenvalue weighted by molar-refractivity contribution is 0.00317. The lowest BCUT2D eigenvalue weighted by Crippen LogP contribution is -2.43. The molecular weight excluding hydrogens is 284 g/mol. The van der Waals surface area contributed by atoms with Crippen molar-refractivity contribution in [1.82, 2.24) is 10.3 Å². The zero-order valence-corrected chi connectivity index (χ0v) is 11.9. The molecule has 0 fully saturated rings. The van der Waals surface area contributed by atoms with Crippen molar-refractivity contribution in [1.29, 1.82) is 0 Å². The van der Waals surface area contributed by atoms with Gasteiger partial charge in [-0.05, 0) is 18.4 Å². The first kappa shape index (κ1) is 14.1. The minimum Gasteiger partial charge on any atom is -0.393 e. The van der Waals surface area contributed by atoms with Crippen molar-refractivity contribution in [2.45, 2.75) is 12.5 Å². The number of thiophene rings is 1. The smallest absolute Gasteiger partial charge is 0.270 e. The van der Waals surface area contributed by atoms with Crippen LogP contribution in [0, 0.1) is 0 Å². The van der Waals surface area contributed by atoms with E-state index in [-0.39, 0.29) is 12.5 Å². The topological polar surface area (TPSA) is 82.5 Å². The van der Waals surface area contributed by atoms with Gasteiger partial charge in [0.2, 0.25) is 0 Å². The van der Waals surface area contributed by atoms with Crippen molar-refractivity contribution < 1.29 is 15.0 Å². The van der Waals surface area contributed by atoms with E-state index in [1.165, 1.54) is 18.3 Å². The Morgan fingerprint density at radius 3 is 2.95 bits per heavy atom. The van der Waals surface area contributed by atoms with Gasteiger partial charge in [0.25, 0.3) is 5.91 Å². The lowest BCUT2D eigenvalue weighted by Gasteiger charge is -2.20. The molecule has 3 N–H and O–H groups in total. The molecule has 2 rings (SSSR count). The highest BCUT2D eigenvalue weighted by Gasteiger charge is 2.21. The molecule has 0 saturated heterocycles. The van der Waals surface area contributed by atoms with E-state index in [2.05, 4.69) is 10.3 Å². The number of carbonyl (C=O) groups is 1. The van der Waals surface area contributed by atoms with Gasteiger partial charge in [0.05, 0.1) is 11.5 Å². The fourth-order valence-corrected chi connectivity index (χ4v) is 2.92. The van der Waals surface area contributed by atoms with Gasteiger partial charge >= 0.3 is 0 Å². The molecule has 0 aromatic carbocycles. The van der Waals surface area contributed by atoms with E-state index in [0.717, 1.165) is 9.88 Å². The van der Waals surface area contributed by atoms with Crippen LogP contribution in [-0.2, 0) is 0 Å². The normalized spacial score (nSPS) is 14.1. The summed E-state index contributed by atoms with van der Waals surface area (Å²) in [4.78, 5) is 17.1. The maximum atomic E-state index is 11.8. The first-order valence-electron chi connectivity index (χ1n) is 5.63. The summed E-state index contributed by atoms with van der Waals surface area (Å²) in [6.07, 6.45) is 0. The molecular formula is C12H14N2O3S2. The van der Waals surface area contributed by atoms with Crippen LogP contribution in [0.5, 0.6) is 0 Å². The zero-order valence-electron chi connectivity index (χ0n) is 10.3. The molecule has 2 heterocycles. The molecule has 1 unspecified atom stereocenters. The van der Waals surface area contributed by atoms with Gasteiger partial charge in [0.15, 0.2) is 0 Å². The van der Waals surface area contributed by atoms with Crippen molar-refractivity contribution in [3.05, 3.63) is 28.6 Å². The summed E-state index contributed by atoms with van der Waals surface area (Å²) in [6, 6.07) is 3.88. The highest BCUT2D eigenvalue weighted by atomic mass is 32.1. The number of aliphatic hydroxyl groups is 2. The molecule has 0 radical (unpaired) electrons. The number of carbonyl (C=O) groups excluding carboxylic acids is 1. The van der Waals surface area contributed by atoms with Crippen LogP contribution >= 0.6 is 22.7 Å². The van der Waals surface area contributed by atoms with Crippen LogP contribution < -0.4 is 5.32 Å². The summed E-state index contributed by atoms with van der Waals surface area (Å²) in [5.74, 6) is -0.354. The Kier molecular flexibility index (Phi) is 4.31. The Labute approximate surface area is 118 Å². The number of aliphatic hydroxyl groups excluding tert-OH is 1. The molecule has 1 amide bonds. The quantitative estimate of drug-likeness (QED) is 0.778. The molecule has 2 aromatic rings. The molecule has 0 aliphatic carbocycles. The fraction of sp³-hybridized carbons (Fsp3) is 0.333. The Hall–Kier alpha value is -1.28. The van der Waals surface area contributed by atoms with Gasteiger partial charge in [-0.15, -0.1) is 22.7 Å². The van der Waals surface area contributed by atoms with Crippen molar-refractivity contribution in [3.8, 4) is 9.88 Å². The second kappa shape index (κ2) is 5.79. The predicted molar refractivity (Wildman–Crippen MR) is 75.5 cm³/mol. The maximum absolute atomic E-state index is 11.8. The minimum absolute atomic E-state index is 0.0196. The van der Waals surface area contributed by atoms with Crippen LogP contribution in [0.2, 0.25) is 0 Å². The van der Waals surface area contributed by atoms with E-state index in [1.54, 1.807) is 16.7 Å². The van der Waals surface area contributed by atoms with Gasteiger partial charge in [0.1, 0.15) is 16.3 Å². The van der Waals surface area contributed by atoms with Crippen molar-refractivity contribution in [3.63, 3.8) is 0 Å². The van der Waals surface area contributed by atoms with Gasteiger partial charge in [-0.1, -0.05) is 6.07 Å². The van der Waals surface area contributed by atoms with E-state index in [9.17, 15) is 9.90 Å². The van der Waals surface area contributed by atoms with Gasteiger partial charge in [0, 0.05) is 11.9 Å². The fourth-order valence-electron chi connectivity index (χ4n) is 1.31. The molecule has 0 bridgehead atoms. The van der Waals surface area contributed by atoms with Gasteiger partial charge in [-0.3, -0.25) is 4.79 Å². The average molecular weight is 298 g/mol. The third-order valence-electron chi connectivity index (χ3n) is 2.44. The summed E-state index contributed by atoms with van der Waals surface area (Å²) in [5.41, 5.74) is -0.996. The average Bonchev–Trinajstić information content (AvgIpc) is 3.05. The molecule has 0 spiro atoms. The molecule has 0 aliphatic heterocycles. The highest BCUT2D eigenvalue weighted by Crippen LogP contribution is 2.27. The van der Waals surface area contributed by atoms with Crippen LogP contribution in [0.1, 0.15) is 17.4 Å². The summed E-state index contributed by atoms with van der Waals surface area (Å²) < 4.78 is 0. The van der Waals surface area contributed by atoms with E-state index < -0.39 is 12.2 Å². The number of hydrogen-bond acceptors (Lipinski definition) is 6. The molecule has 0 aliphatic rings. The largest absolute Gasteiger partial charge is 0.393 e. The van der Waals surface area contributed by atoms with Crippen molar-refractivity contribution in [2.24, 2.45) is 0 Å². The molecule has 5 nitrogen and oxygen atoms in total. The summed E-state index contributed by atoms with van der Waals surface area (Å²) in [7, 11) is 0. The Morgan fingerprint density at radius 2 is 2.32 bits per heavy atom.